The lowest BCUT2D eigenvalue weighted by Gasteiger charge is -2.30. The number of halogens is 2. The van der Waals surface area contributed by atoms with Gasteiger partial charge in [-0.05, 0) is 146 Å². The van der Waals surface area contributed by atoms with Crippen LogP contribution in [0.15, 0.2) is 215 Å². The van der Waals surface area contributed by atoms with E-state index < -0.39 is 10.8 Å². The fourth-order valence-electron chi connectivity index (χ4n) is 12.8. The Kier molecular flexibility index (Phi) is 8.80. The van der Waals surface area contributed by atoms with E-state index in [-0.39, 0.29) is 11.6 Å². The standard InChI is InChI=1S/C68H46F2N2O2/c1-67(2)54-35-44(71(42-18-11-16-40(69)33-42)58-25-13-23-49-47-21-7-9-27-61(47)73-65(49)58)30-32-46(54)52-36-53-56(37-55(52)67)68(3,4)57-38-60(51-31-29-39-15-5-6-20-45(39)63(51)64(53)57)72(43-19-12-17-41(70)34-43)59-26-14-24-50-48-22-8-10-28-62(48)74-66(50)59/h5-38H,1-4H3. The SMILES string of the molecule is CC1(C)c2cc(N(c3cccc(F)c3)c3cccc4c3oc3ccccc34)ccc2-c2cc3c(cc21)C(C)(C)c1cc(N(c2cccc(F)c2)c2cccc4c2oc2ccccc24)c2ccc4ccccc4c2c1-3. The van der Waals surface area contributed by atoms with Gasteiger partial charge < -0.3 is 18.6 Å². The minimum Gasteiger partial charge on any atom is -0.454 e. The van der Waals surface area contributed by atoms with E-state index in [9.17, 15) is 0 Å². The number of para-hydroxylation sites is 4. The van der Waals surface area contributed by atoms with Crippen LogP contribution in [0.1, 0.15) is 49.9 Å². The zero-order valence-electron chi connectivity index (χ0n) is 41.1. The Morgan fingerprint density at radius 3 is 1.54 bits per heavy atom. The molecule has 2 aliphatic rings. The van der Waals surface area contributed by atoms with Gasteiger partial charge in [-0.25, -0.2) is 8.78 Å². The molecule has 6 heteroatoms. The summed E-state index contributed by atoms with van der Waals surface area (Å²) < 4.78 is 44.3. The molecule has 15 rings (SSSR count). The van der Waals surface area contributed by atoms with Gasteiger partial charge in [-0.15, -0.1) is 0 Å². The molecule has 0 atom stereocenters. The second-order valence-electron chi connectivity index (χ2n) is 21.1. The van der Waals surface area contributed by atoms with Gasteiger partial charge in [0.05, 0.1) is 17.1 Å². The van der Waals surface area contributed by atoms with Crippen LogP contribution in [0.5, 0.6) is 0 Å². The summed E-state index contributed by atoms with van der Waals surface area (Å²) in [5, 5.41) is 8.56. The van der Waals surface area contributed by atoms with Gasteiger partial charge in [-0.1, -0.05) is 149 Å². The summed E-state index contributed by atoms with van der Waals surface area (Å²) in [5.41, 5.74) is 16.8. The molecule has 2 aliphatic carbocycles. The van der Waals surface area contributed by atoms with Gasteiger partial charge >= 0.3 is 0 Å². The maximum atomic E-state index is 15.6. The third kappa shape index (κ3) is 5.94. The number of furan rings is 2. The van der Waals surface area contributed by atoms with Crippen LogP contribution >= 0.6 is 0 Å². The first-order valence-electron chi connectivity index (χ1n) is 25.3. The van der Waals surface area contributed by atoms with E-state index in [0.29, 0.717) is 11.4 Å². The zero-order valence-corrected chi connectivity index (χ0v) is 41.1. The van der Waals surface area contributed by atoms with Gasteiger partial charge in [0, 0.05) is 54.8 Å². The molecule has 0 fully saturated rings. The van der Waals surface area contributed by atoms with E-state index in [1.807, 2.05) is 48.5 Å². The third-order valence-electron chi connectivity index (χ3n) is 16.3. The van der Waals surface area contributed by atoms with Crippen LogP contribution in [0.3, 0.4) is 0 Å². The van der Waals surface area contributed by atoms with Gasteiger partial charge in [0.25, 0.3) is 0 Å². The molecular weight excluding hydrogens is 915 g/mol. The normalized spacial score (nSPS) is 14.0. The van der Waals surface area contributed by atoms with Gasteiger partial charge in [0.15, 0.2) is 11.2 Å². The van der Waals surface area contributed by atoms with E-state index in [4.69, 9.17) is 8.83 Å². The van der Waals surface area contributed by atoms with Crippen molar-refractivity contribution < 1.29 is 17.6 Å². The van der Waals surface area contributed by atoms with Crippen LogP contribution in [-0.2, 0) is 10.8 Å². The Morgan fingerprint density at radius 1 is 0.351 bits per heavy atom. The number of fused-ring (bicyclic) bond motifs is 16. The summed E-state index contributed by atoms with van der Waals surface area (Å²) in [6.45, 7) is 9.35. The fraction of sp³-hybridized carbons (Fsp3) is 0.0882. The van der Waals surface area contributed by atoms with E-state index in [1.54, 1.807) is 24.3 Å². The summed E-state index contributed by atoms with van der Waals surface area (Å²) in [4.78, 5) is 4.33. The van der Waals surface area contributed by atoms with Crippen LogP contribution in [0.25, 0.3) is 87.7 Å². The number of nitrogens with zero attached hydrogens (tertiary/aromatic N) is 2. The molecule has 0 saturated carbocycles. The first-order valence-corrected chi connectivity index (χ1v) is 25.3. The molecular formula is C68H46F2N2O2. The Labute approximate surface area is 425 Å². The molecule has 0 N–H and O–H groups in total. The van der Waals surface area contributed by atoms with Crippen molar-refractivity contribution in [1.29, 1.82) is 0 Å². The lowest BCUT2D eigenvalue weighted by Crippen LogP contribution is -2.20. The molecule has 0 aliphatic heterocycles. The average molecular weight is 961 g/mol. The molecule has 2 aromatic heterocycles. The Hall–Kier alpha value is -9.00. The van der Waals surface area contributed by atoms with Crippen LogP contribution in [-0.4, -0.2) is 0 Å². The lowest BCUT2D eigenvalue weighted by atomic mass is 9.77. The molecule has 0 saturated heterocycles. The van der Waals surface area contributed by atoms with E-state index >= 15 is 8.78 Å². The maximum Gasteiger partial charge on any atom is 0.159 e. The largest absolute Gasteiger partial charge is 0.454 e. The van der Waals surface area contributed by atoms with Crippen molar-refractivity contribution in [2.24, 2.45) is 0 Å². The summed E-state index contributed by atoms with van der Waals surface area (Å²) in [5.74, 6) is -0.629. The zero-order chi connectivity index (χ0) is 49.8. The predicted molar refractivity (Wildman–Crippen MR) is 300 cm³/mol. The average Bonchev–Trinajstić information content (AvgIpc) is 4.13. The van der Waals surface area contributed by atoms with Crippen molar-refractivity contribution in [2.75, 3.05) is 9.80 Å². The highest BCUT2D eigenvalue weighted by Crippen LogP contribution is 2.60. The molecule has 11 aromatic carbocycles. The molecule has 74 heavy (non-hydrogen) atoms. The fourth-order valence-corrected chi connectivity index (χ4v) is 12.8. The molecule has 0 amide bonds. The first kappa shape index (κ1) is 42.7. The van der Waals surface area contributed by atoms with Crippen molar-refractivity contribution in [3.63, 3.8) is 0 Å². The highest BCUT2D eigenvalue weighted by molar-refractivity contribution is 6.22. The summed E-state index contributed by atoms with van der Waals surface area (Å²) in [6, 6.07) is 69.5. The van der Waals surface area contributed by atoms with Crippen molar-refractivity contribution in [3.8, 4) is 22.3 Å². The van der Waals surface area contributed by atoms with E-state index in [0.717, 1.165) is 88.2 Å². The summed E-state index contributed by atoms with van der Waals surface area (Å²) in [6.07, 6.45) is 0. The lowest BCUT2D eigenvalue weighted by molar-refractivity contribution is 0.627. The molecule has 354 valence electrons. The number of rotatable bonds is 6. The molecule has 0 bridgehead atoms. The third-order valence-corrected chi connectivity index (χ3v) is 16.3. The van der Waals surface area contributed by atoms with Gasteiger partial charge in [0.1, 0.15) is 22.8 Å². The van der Waals surface area contributed by atoms with Crippen molar-refractivity contribution >= 4 is 99.5 Å². The number of hydrogen-bond acceptors (Lipinski definition) is 4. The Morgan fingerprint density at radius 2 is 0.878 bits per heavy atom. The summed E-state index contributed by atoms with van der Waals surface area (Å²) in [7, 11) is 0. The van der Waals surface area contributed by atoms with Crippen LogP contribution in [0.4, 0.5) is 42.9 Å². The molecule has 4 nitrogen and oxygen atoms in total. The summed E-state index contributed by atoms with van der Waals surface area (Å²) >= 11 is 0. The van der Waals surface area contributed by atoms with Gasteiger partial charge in [-0.3, -0.25) is 0 Å². The van der Waals surface area contributed by atoms with Crippen molar-refractivity contribution in [1.82, 2.24) is 0 Å². The Bertz CT molecular complexity index is 4560. The molecule has 13 aromatic rings. The van der Waals surface area contributed by atoms with Crippen LogP contribution in [0, 0.1) is 11.6 Å². The number of hydrogen-bond donors (Lipinski definition) is 0. The topological polar surface area (TPSA) is 32.8 Å². The van der Waals surface area contributed by atoms with Crippen molar-refractivity contribution in [3.05, 3.63) is 240 Å². The predicted octanol–water partition coefficient (Wildman–Crippen LogP) is 19.6. The second-order valence-corrected chi connectivity index (χ2v) is 21.1. The molecule has 0 unspecified atom stereocenters. The first-order chi connectivity index (χ1) is 36.0. The van der Waals surface area contributed by atoms with E-state index in [2.05, 4.69) is 159 Å². The quantitative estimate of drug-likeness (QED) is 0.156. The minimum absolute atomic E-state index is 0.312. The highest BCUT2D eigenvalue weighted by Gasteiger charge is 2.44. The maximum absolute atomic E-state index is 15.6. The number of anilines is 6. The van der Waals surface area contributed by atoms with Crippen molar-refractivity contribution in [2.45, 2.75) is 38.5 Å². The van der Waals surface area contributed by atoms with Gasteiger partial charge in [0.2, 0.25) is 0 Å². The van der Waals surface area contributed by atoms with Crippen LogP contribution < -0.4 is 9.80 Å². The highest BCUT2D eigenvalue weighted by atomic mass is 19.1. The van der Waals surface area contributed by atoms with E-state index in [1.165, 1.54) is 56.6 Å². The minimum atomic E-state index is -0.450. The monoisotopic (exact) mass is 960 g/mol. The van der Waals surface area contributed by atoms with Gasteiger partial charge in [-0.2, -0.15) is 0 Å². The Balaban J connectivity index is 0.954. The second kappa shape index (κ2) is 15.3. The van der Waals surface area contributed by atoms with Crippen LogP contribution in [0.2, 0.25) is 0 Å². The molecule has 2 heterocycles. The number of benzene rings is 11. The molecule has 0 spiro atoms. The smallest absolute Gasteiger partial charge is 0.159 e. The molecule has 0 radical (unpaired) electrons.